The van der Waals surface area contributed by atoms with E-state index >= 15 is 0 Å². The third-order valence-corrected chi connectivity index (χ3v) is 5.26. The van der Waals surface area contributed by atoms with E-state index in [4.69, 9.17) is 0 Å². The maximum absolute atomic E-state index is 4.09. The molecule has 0 saturated carbocycles. The van der Waals surface area contributed by atoms with Gasteiger partial charge in [-0.3, -0.25) is 0 Å². The van der Waals surface area contributed by atoms with Gasteiger partial charge in [-0.1, -0.05) is 54.6 Å². The molecule has 0 saturated heterocycles. The second-order valence-corrected chi connectivity index (χ2v) is 6.91. The lowest BCUT2D eigenvalue weighted by atomic mass is 9.92. The smallest absolute Gasteiger partial charge is 0.0945 e. The van der Waals surface area contributed by atoms with Gasteiger partial charge in [-0.2, -0.15) is 0 Å². The van der Waals surface area contributed by atoms with E-state index in [1.807, 2.05) is 18.7 Å². The molecule has 128 valence electrons. The van der Waals surface area contributed by atoms with Gasteiger partial charge in [0.05, 0.1) is 6.33 Å². The summed E-state index contributed by atoms with van der Waals surface area (Å²) in [6.07, 6.45) is 6.82. The van der Waals surface area contributed by atoms with Crippen LogP contribution < -0.4 is 5.32 Å². The molecule has 5 rings (SSSR count). The number of imidazole rings is 1. The Morgan fingerprint density at radius 1 is 0.846 bits per heavy atom. The van der Waals surface area contributed by atoms with Crippen LogP contribution in [0.4, 0.5) is 0 Å². The van der Waals surface area contributed by atoms with E-state index < -0.39 is 0 Å². The summed E-state index contributed by atoms with van der Waals surface area (Å²) < 4.78 is 2.12. The second-order valence-electron chi connectivity index (χ2n) is 6.91. The fourth-order valence-corrected chi connectivity index (χ4v) is 3.98. The Morgan fingerprint density at radius 3 is 2.42 bits per heavy atom. The number of hydrogen-bond acceptors (Lipinski definition) is 2. The van der Waals surface area contributed by atoms with Gasteiger partial charge in [0.15, 0.2) is 0 Å². The molecule has 1 N–H and O–H groups in total. The Morgan fingerprint density at radius 2 is 1.62 bits per heavy atom. The molecule has 0 amide bonds. The van der Waals surface area contributed by atoms with Crippen molar-refractivity contribution < 1.29 is 0 Å². The SMILES string of the molecule is c1cc2ccc3ccc(CNCCCn4ccnc4)c4ccc(c1)c2c34. The topological polar surface area (TPSA) is 29.9 Å². The standard InChI is InChI=1S/C23H21N3/c1-3-17-5-6-19-7-8-20(15-24-11-2-13-26-14-12-25-16-26)21-10-9-18(4-1)22(17)23(19)21/h1,3-10,12,14,16,24H,2,11,13,15H2. The summed E-state index contributed by atoms with van der Waals surface area (Å²) in [7, 11) is 0. The summed E-state index contributed by atoms with van der Waals surface area (Å²) in [5, 5.41) is 11.7. The molecule has 0 aliphatic carbocycles. The van der Waals surface area contributed by atoms with Crippen molar-refractivity contribution in [2.75, 3.05) is 6.54 Å². The van der Waals surface area contributed by atoms with Crippen LogP contribution in [-0.2, 0) is 13.1 Å². The molecule has 3 nitrogen and oxygen atoms in total. The molecule has 0 spiro atoms. The van der Waals surface area contributed by atoms with Crippen LogP contribution >= 0.6 is 0 Å². The minimum Gasteiger partial charge on any atom is -0.337 e. The summed E-state index contributed by atoms with van der Waals surface area (Å²) in [4.78, 5) is 4.09. The fourth-order valence-electron chi connectivity index (χ4n) is 3.98. The van der Waals surface area contributed by atoms with Crippen LogP contribution in [0.5, 0.6) is 0 Å². The van der Waals surface area contributed by atoms with Crippen LogP contribution in [0.1, 0.15) is 12.0 Å². The minimum atomic E-state index is 0.901. The van der Waals surface area contributed by atoms with E-state index in [-0.39, 0.29) is 0 Å². The number of rotatable bonds is 6. The van der Waals surface area contributed by atoms with Crippen LogP contribution in [-0.4, -0.2) is 16.1 Å². The summed E-state index contributed by atoms with van der Waals surface area (Å²) in [6.45, 7) is 2.91. The molecule has 0 unspecified atom stereocenters. The minimum absolute atomic E-state index is 0.901. The second kappa shape index (κ2) is 6.43. The maximum atomic E-state index is 4.09. The predicted molar refractivity (Wildman–Crippen MR) is 109 cm³/mol. The molecular formula is C23H21N3. The van der Waals surface area contributed by atoms with Crippen molar-refractivity contribution in [1.29, 1.82) is 0 Å². The summed E-state index contributed by atoms with van der Waals surface area (Å²) in [5.74, 6) is 0. The van der Waals surface area contributed by atoms with E-state index in [0.29, 0.717) is 0 Å². The van der Waals surface area contributed by atoms with Gasteiger partial charge in [0.2, 0.25) is 0 Å². The average Bonchev–Trinajstić information content (AvgIpc) is 3.20. The van der Waals surface area contributed by atoms with Crippen molar-refractivity contribution >= 4 is 32.3 Å². The molecular weight excluding hydrogens is 318 g/mol. The van der Waals surface area contributed by atoms with Gasteiger partial charge in [0.25, 0.3) is 0 Å². The van der Waals surface area contributed by atoms with Gasteiger partial charge >= 0.3 is 0 Å². The number of hydrogen-bond donors (Lipinski definition) is 1. The lowest BCUT2D eigenvalue weighted by molar-refractivity contribution is 0.581. The first-order valence-corrected chi connectivity index (χ1v) is 9.22. The quantitative estimate of drug-likeness (QED) is 0.350. The van der Waals surface area contributed by atoms with Gasteiger partial charge in [-0.15, -0.1) is 0 Å². The highest BCUT2D eigenvalue weighted by Crippen LogP contribution is 2.35. The van der Waals surface area contributed by atoms with E-state index in [2.05, 4.69) is 69.5 Å². The van der Waals surface area contributed by atoms with Gasteiger partial charge < -0.3 is 9.88 Å². The third kappa shape index (κ3) is 2.61. The molecule has 26 heavy (non-hydrogen) atoms. The van der Waals surface area contributed by atoms with Gasteiger partial charge in [-0.05, 0) is 50.8 Å². The van der Waals surface area contributed by atoms with Crippen LogP contribution in [0, 0.1) is 0 Å². The summed E-state index contributed by atoms with van der Waals surface area (Å²) in [5.41, 5.74) is 1.37. The number of benzene rings is 4. The van der Waals surface area contributed by atoms with E-state index in [9.17, 15) is 0 Å². The summed E-state index contributed by atoms with van der Waals surface area (Å²) >= 11 is 0. The number of nitrogens with one attached hydrogen (secondary N) is 1. The predicted octanol–water partition coefficient (Wildman–Crippen LogP) is 4.96. The molecule has 4 aromatic carbocycles. The molecule has 0 radical (unpaired) electrons. The Balaban J connectivity index is 1.41. The Bertz CT molecular complexity index is 1140. The highest BCUT2D eigenvalue weighted by atomic mass is 15.0. The van der Waals surface area contributed by atoms with Crippen molar-refractivity contribution in [1.82, 2.24) is 14.9 Å². The van der Waals surface area contributed by atoms with Crippen LogP contribution in [0.3, 0.4) is 0 Å². The normalized spacial score (nSPS) is 11.8. The van der Waals surface area contributed by atoms with Crippen LogP contribution in [0.2, 0.25) is 0 Å². The lowest BCUT2D eigenvalue weighted by Crippen LogP contribution is -2.16. The van der Waals surface area contributed by atoms with Crippen molar-refractivity contribution in [3.8, 4) is 0 Å². The molecule has 1 heterocycles. The molecule has 0 aliphatic heterocycles. The van der Waals surface area contributed by atoms with Crippen molar-refractivity contribution in [3.05, 3.63) is 78.9 Å². The molecule has 1 aromatic heterocycles. The number of nitrogens with zero attached hydrogens (tertiary/aromatic N) is 2. The Labute approximate surface area is 152 Å². The van der Waals surface area contributed by atoms with E-state index in [0.717, 1.165) is 26.1 Å². The Hall–Kier alpha value is -2.91. The number of aromatic nitrogens is 2. The van der Waals surface area contributed by atoms with Crippen LogP contribution in [0.25, 0.3) is 32.3 Å². The van der Waals surface area contributed by atoms with Gasteiger partial charge in [0, 0.05) is 25.5 Å². The zero-order chi connectivity index (χ0) is 17.3. The van der Waals surface area contributed by atoms with Crippen molar-refractivity contribution in [2.24, 2.45) is 0 Å². The van der Waals surface area contributed by atoms with Gasteiger partial charge in [0.1, 0.15) is 0 Å². The summed E-state index contributed by atoms with van der Waals surface area (Å²) in [6, 6.07) is 20.1. The molecule has 0 bridgehead atoms. The largest absolute Gasteiger partial charge is 0.337 e. The van der Waals surface area contributed by atoms with E-state index in [1.54, 1.807) is 0 Å². The maximum Gasteiger partial charge on any atom is 0.0945 e. The third-order valence-electron chi connectivity index (χ3n) is 5.26. The van der Waals surface area contributed by atoms with E-state index in [1.165, 1.54) is 37.9 Å². The fraction of sp³-hybridized carbons (Fsp3) is 0.174. The highest BCUT2D eigenvalue weighted by Gasteiger charge is 2.10. The van der Waals surface area contributed by atoms with Crippen molar-refractivity contribution in [3.63, 3.8) is 0 Å². The first-order chi connectivity index (χ1) is 12.9. The van der Waals surface area contributed by atoms with Gasteiger partial charge in [-0.25, -0.2) is 4.98 Å². The molecule has 0 aliphatic rings. The van der Waals surface area contributed by atoms with Crippen LogP contribution in [0.15, 0.2) is 73.3 Å². The Kier molecular flexibility index (Phi) is 3.80. The molecule has 0 atom stereocenters. The average molecular weight is 339 g/mol. The number of aryl methyl sites for hydroxylation is 1. The molecule has 3 heteroatoms. The zero-order valence-corrected chi connectivity index (χ0v) is 14.7. The molecule has 0 fully saturated rings. The lowest BCUT2D eigenvalue weighted by Gasteiger charge is -2.14. The first kappa shape index (κ1) is 15.4. The van der Waals surface area contributed by atoms with Crippen molar-refractivity contribution in [2.45, 2.75) is 19.5 Å². The highest BCUT2D eigenvalue weighted by molar-refractivity contribution is 6.23. The zero-order valence-electron chi connectivity index (χ0n) is 14.7. The molecule has 5 aromatic rings. The monoisotopic (exact) mass is 339 g/mol. The first-order valence-electron chi connectivity index (χ1n) is 9.22.